The molecule has 2 heterocycles. The molecule has 0 bridgehead atoms. The third kappa shape index (κ3) is 4.49. The average molecular weight is 483 g/mol. The molecule has 0 atom stereocenters. The molecule has 2 aromatic carbocycles. The second-order valence-corrected chi connectivity index (χ2v) is 8.78. The van der Waals surface area contributed by atoms with Crippen molar-refractivity contribution in [3.63, 3.8) is 0 Å². The van der Waals surface area contributed by atoms with Gasteiger partial charge >= 0.3 is 0 Å². The Morgan fingerprint density at radius 2 is 1.90 bits per heavy atom. The lowest BCUT2D eigenvalue weighted by Crippen LogP contribution is -2.32. The number of thiazole rings is 1. The van der Waals surface area contributed by atoms with E-state index in [0.717, 1.165) is 27.7 Å². The van der Waals surface area contributed by atoms with Crippen molar-refractivity contribution in [3.8, 4) is 0 Å². The molecule has 0 aliphatic rings. The molecule has 0 radical (unpaired) electrons. The predicted octanol–water partition coefficient (Wildman–Crippen LogP) is 5.20. The van der Waals surface area contributed by atoms with Crippen LogP contribution in [0.15, 0.2) is 65.7 Å². The lowest BCUT2D eigenvalue weighted by Gasteiger charge is -2.20. The van der Waals surface area contributed by atoms with E-state index >= 15 is 0 Å². The number of hydrogen-bond acceptors (Lipinski definition) is 5. The van der Waals surface area contributed by atoms with Gasteiger partial charge in [-0.2, -0.15) is 0 Å². The Morgan fingerprint density at radius 3 is 2.60 bits per heavy atom. The summed E-state index contributed by atoms with van der Waals surface area (Å²) in [5.41, 5.74) is 1.98. The minimum absolute atomic E-state index is 0.0251. The number of benzene rings is 2. The van der Waals surface area contributed by atoms with Crippen molar-refractivity contribution in [2.45, 2.75) is 19.9 Å². The van der Waals surface area contributed by atoms with E-state index in [0.29, 0.717) is 22.8 Å². The molecule has 8 heteroatoms. The quantitative estimate of drug-likeness (QED) is 0.339. The van der Waals surface area contributed by atoms with Crippen molar-refractivity contribution in [1.82, 2.24) is 14.5 Å². The zero-order valence-electron chi connectivity index (χ0n) is 16.3. The number of anilines is 1. The van der Waals surface area contributed by atoms with Crippen LogP contribution < -0.4 is 4.90 Å². The second-order valence-electron chi connectivity index (χ2n) is 6.85. The van der Waals surface area contributed by atoms with Crippen molar-refractivity contribution >= 4 is 54.3 Å². The standard InChI is InChI=1S/C22H19BrN4O2S/c1-15(28)16-3-5-17(6-4-16)21(29)27(11-2-10-26-12-9-24-14-26)22-25-19-8-7-18(23)13-20(19)30-22/h3-9,12-14H,2,10-11H2,1H3. The van der Waals surface area contributed by atoms with Crippen LogP contribution in [0.2, 0.25) is 0 Å². The summed E-state index contributed by atoms with van der Waals surface area (Å²) in [6.45, 7) is 2.79. The lowest BCUT2D eigenvalue weighted by atomic mass is 10.1. The van der Waals surface area contributed by atoms with Gasteiger partial charge in [-0.1, -0.05) is 39.4 Å². The summed E-state index contributed by atoms with van der Waals surface area (Å²) in [4.78, 5) is 35.4. The highest BCUT2D eigenvalue weighted by Crippen LogP contribution is 2.31. The molecule has 4 aromatic rings. The number of carbonyl (C=O) groups excluding carboxylic acids is 2. The normalized spacial score (nSPS) is 11.0. The Labute approximate surface area is 186 Å². The molecule has 6 nitrogen and oxygen atoms in total. The Hall–Kier alpha value is -2.84. The molecule has 1 amide bonds. The third-order valence-corrected chi connectivity index (χ3v) is 6.25. The molecule has 0 unspecified atom stereocenters. The number of aryl methyl sites for hydroxylation is 1. The maximum Gasteiger partial charge on any atom is 0.260 e. The van der Waals surface area contributed by atoms with Crippen LogP contribution in [0.25, 0.3) is 10.2 Å². The molecular formula is C22H19BrN4O2S. The van der Waals surface area contributed by atoms with Gasteiger partial charge < -0.3 is 4.57 Å². The maximum atomic E-state index is 13.3. The maximum absolute atomic E-state index is 13.3. The smallest absolute Gasteiger partial charge is 0.260 e. The summed E-state index contributed by atoms with van der Waals surface area (Å²) >= 11 is 4.98. The van der Waals surface area contributed by atoms with Gasteiger partial charge in [-0.15, -0.1) is 0 Å². The highest BCUT2D eigenvalue weighted by Gasteiger charge is 2.21. The van der Waals surface area contributed by atoms with Crippen LogP contribution in [0, 0.1) is 0 Å². The average Bonchev–Trinajstić information content (AvgIpc) is 3.40. The summed E-state index contributed by atoms with van der Waals surface area (Å²) in [5.74, 6) is -0.156. The van der Waals surface area contributed by atoms with E-state index in [-0.39, 0.29) is 11.7 Å². The predicted molar refractivity (Wildman–Crippen MR) is 122 cm³/mol. The van der Waals surface area contributed by atoms with E-state index in [1.807, 2.05) is 29.0 Å². The van der Waals surface area contributed by atoms with Gasteiger partial charge in [-0.05, 0) is 43.7 Å². The minimum atomic E-state index is -0.131. The molecule has 4 rings (SSSR count). The van der Waals surface area contributed by atoms with Crippen LogP contribution in [0.5, 0.6) is 0 Å². The van der Waals surface area contributed by atoms with Gasteiger partial charge in [0.25, 0.3) is 5.91 Å². The molecule has 0 aliphatic carbocycles. The zero-order valence-corrected chi connectivity index (χ0v) is 18.7. The van der Waals surface area contributed by atoms with Crippen LogP contribution >= 0.6 is 27.3 Å². The Balaban J connectivity index is 1.62. The molecule has 0 fully saturated rings. The molecule has 0 N–H and O–H groups in total. The van der Waals surface area contributed by atoms with Crippen LogP contribution in [-0.2, 0) is 6.54 Å². The van der Waals surface area contributed by atoms with E-state index in [1.165, 1.54) is 18.3 Å². The van der Waals surface area contributed by atoms with Crippen LogP contribution in [0.3, 0.4) is 0 Å². The van der Waals surface area contributed by atoms with Crippen molar-refractivity contribution in [3.05, 3.63) is 76.8 Å². The fraction of sp³-hybridized carbons (Fsp3) is 0.182. The number of fused-ring (bicyclic) bond motifs is 1. The molecule has 0 aliphatic heterocycles. The SMILES string of the molecule is CC(=O)c1ccc(C(=O)N(CCCn2ccnc2)c2nc3ccc(Br)cc3s2)cc1. The number of carbonyl (C=O) groups is 2. The molecular weight excluding hydrogens is 464 g/mol. The van der Waals surface area contributed by atoms with Gasteiger partial charge in [0.05, 0.1) is 16.5 Å². The largest absolute Gasteiger partial charge is 0.337 e. The highest BCUT2D eigenvalue weighted by atomic mass is 79.9. The molecule has 30 heavy (non-hydrogen) atoms. The van der Waals surface area contributed by atoms with Gasteiger partial charge in [-0.3, -0.25) is 14.5 Å². The van der Waals surface area contributed by atoms with Crippen molar-refractivity contribution < 1.29 is 9.59 Å². The monoisotopic (exact) mass is 482 g/mol. The molecule has 0 saturated heterocycles. The first-order valence-electron chi connectivity index (χ1n) is 9.46. The Kier molecular flexibility index (Phi) is 6.06. The fourth-order valence-corrected chi connectivity index (χ4v) is 4.66. The van der Waals surface area contributed by atoms with Gasteiger partial charge in [0.1, 0.15) is 0 Å². The van der Waals surface area contributed by atoms with E-state index in [2.05, 4.69) is 20.9 Å². The van der Waals surface area contributed by atoms with Crippen LogP contribution in [0.1, 0.15) is 34.1 Å². The lowest BCUT2D eigenvalue weighted by molar-refractivity contribution is 0.0982. The fourth-order valence-electron chi connectivity index (χ4n) is 3.12. The number of amides is 1. The Bertz CT molecular complexity index is 1190. The summed E-state index contributed by atoms with van der Waals surface area (Å²) in [6.07, 6.45) is 6.17. The minimum Gasteiger partial charge on any atom is -0.337 e. The first-order chi connectivity index (χ1) is 14.5. The van der Waals surface area contributed by atoms with Gasteiger partial charge in [0.2, 0.25) is 0 Å². The van der Waals surface area contributed by atoms with Crippen LogP contribution in [0.4, 0.5) is 5.13 Å². The molecule has 2 aromatic heterocycles. The number of imidazole rings is 1. The van der Waals surface area contributed by atoms with Crippen molar-refractivity contribution in [2.75, 3.05) is 11.4 Å². The Morgan fingerprint density at radius 1 is 1.13 bits per heavy atom. The van der Waals surface area contributed by atoms with Crippen molar-refractivity contribution in [2.24, 2.45) is 0 Å². The van der Waals surface area contributed by atoms with Crippen LogP contribution in [-0.4, -0.2) is 32.8 Å². The van der Waals surface area contributed by atoms with E-state index in [1.54, 1.807) is 41.7 Å². The van der Waals surface area contributed by atoms with E-state index in [4.69, 9.17) is 4.98 Å². The van der Waals surface area contributed by atoms with Gasteiger partial charge in [0.15, 0.2) is 10.9 Å². The first-order valence-corrected chi connectivity index (χ1v) is 11.1. The topological polar surface area (TPSA) is 68.1 Å². The first kappa shape index (κ1) is 20.4. The number of hydrogen-bond donors (Lipinski definition) is 0. The van der Waals surface area contributed by atoms with Crippen molar-refractivity contribution in [1.29, 1.82) is 0 Å². The number of halogens is 1. The summed E-state index contributed by atoms with van der Waals surface area (Å²) < 4.78 is 3.97. The molecule has 152 valence electrons. The molecule has 0 spiro atoms. The third-order valence-electron chi connectivity index (χ3n) is 4.71. The highest BCUT2D eigenvalue weighted by molar-refractivity contribution is 9.10. The summed E-state index contributed by atoms with van der Waals surface area (Å²) in [5, 5.41) is 0.661. The number of Topliss-reactive ketones (excluding diaryl/α,β-unsaturated/α-hetero) is 1. The van der Waals surface area contributed by atoms with Gasteiger partial charge in [-0.25, -0.2) is 9.97 Å². The number of ketones is 1. The summed E-state index contributed by atoms with van der Waals surface area (Å²) in [6, 6.07) is 12.7. The number of nitrogens with zero attached hydrogens (tertiary/aromatic N) is 4. The van der Waals surface area contributed by atoms with E-state index in [9.17, 15) is 9.59 Å². The van der Waals surface area contributed by atoms with Gasteiger partial charge in [0, 0.05) is 41.1 Å². The summed E-state index contributed by atoms with van der Waals surface area (Å²) in [7, 11) is 0. The number of rotatable bonds is 7. The zero-order chi connectivity index (χ0) is 21.1. The van der Waals surface area contributed by atoms with E-state index < -0.39 is 0 Å². The number of aromatic nitrogens is 3. The second kappa shape index (κ2) is 8.89. The molecule has 0 saturated carbocycles.